The van der Waals surface area contributed by atoms with Gasteiger partial charge in [-0.15, -0.1) is 11.3 Å². The number of nitrogens with one attached hydrogen (secondary N) is 1. The third kappa shape index (κ3) is 4.41. The maximum atomic E-state index is 12.5. The monoisotopic (exact) mass is 419 g/mol. The number of methoxy groups -OCH3 is 1. The number of carbonyl (C=O) groups excluding carboxylic acids is 1. The average molecular weight is 420 g/mol. The van der Waals surface area contributed by atoms with Gasteiger partial charge < -0.3 is 14.5 Å². The number of aryl methyl sites for hydroxylation is 1. The zero-order valence-electron chi connectivity index (χ0n) is 16.7. The van der Waals surface area contributed by atoms with Crippen LogP contribution in [0.15, 0.2) is 64.6 Å². The van der Waals surface area contributed by atoms with E-state index in [-0.39, 0.29) is 5.91 Å². The van der Waals surface area contributed by atoms with E-state index in [1.807, 2.05) is 55.5 Å². The van der Waals surface area contributed by atoms with Crippen LogP contribution < -0.4 is 10.1 Å². The van der Waals surface area contributed by atoms with Crippen molar-refractivity contribution >= 4 is 17.2 Å². The molecule has 0 saturated heterocycles. The largest absolute Gasteiger partial charge is 0.496 e. The molecule has 2 aromatic carbocycles. The first-order valence-electron chi connectivity index (χ1n) is 9.52. The van der Waals surface area contributed by atoms with E-state index in [0.29, 0.717) is 24.6 Å². The van der Waals surface area contributed by atoms with Crippen LogP contribution in [-0.4, -0.2) is 29.5 Å². The van der Waals surface area contributed by atoms with Crippen molar-refractivity contribution in [2.75, 3.05) is 13.7 Å². The summed E-state index contributed by atoms with van der Waals surface area (Å²) in [6, 6.07) is 15.6. The number of hydrogen-bond donors (Lipinski definition) is 1. The molecule has 0 saturated carbocycles. The summed E-state index contributed by atoms with van der Waals surface area (Å²) in [5.41, 5.74) is 4.17. The van der Waals surface area contributed by atoms with Gasteiger partial charge in [-0.25, -0.2) is 9.97 Å². The van der Waals surface area contributed by atoms with Crippen LogP contribution in [0.3, 0.4) is 0 Å². The van der Waals surface area contributed by atoms with Gasteiger partial charge in [-0.05, 0) is 31.2 Å². The SMILES string of the molecule is COc1ccccc1-c1nc(C(=O)NCCc2coc(-c3ccc(C)cc3)n2)cs1. The molecule has 6 nitrogen and oxygen atoms in total. The summed E-state index contributed by atoms with van der Waals surface area (Å²) >= 11 is 1.41. The number of nitrogens with zero attached hydrogens (tertiary/aromatic N) is 2. The van der Waals surface area contributed by atoms with Crippen molar-refractivity contribution in [2.24, 2.45) is 0 Å². The van der Waals surface area contributed by atoms with Crippen molar-refractivity contribution in [1.29, 1.82) is 0 Å². The maximum absolute atomic E-state index is 12.5. The number of oxazole rings is 1. The number of benzene rings is 2. The van der Waals surface area contributed by atoms with E-state index >= 15 is 0 Å². The van der Waals surface area contributed by atoms with Crippen molar-refractivity contribution in [3.8, 4) is 27.8 Å². The fraction of sp³-hybridized carbons (Fsp3) is 0.174. The highest BCUT2D eigenvalue weighted by Gasteiger charge is 2.14. The molecule has 4 aromatic rings. The first-order chi connectivity index (χ1) is 14.6. The van der Waals surface area contributed by atoms with E-state index in [9.17, 15) is 4.79 Å². The Morgan fingerprint density at radius 3 is 2.73 bits per heavy atom. The number of hydrogen-bond acceptors (Lipinski definition) is 6. The molecule has 0 aliphatic carbocycles. The Morgan fingerprint density at radius 1 is 1.13 bits per heavy atom. The second-order valence-corrected chi connectivity index (χ2v) is 7.61. The molecule has 0 aliphatic rings. The molecular formula is C23H21N3O3S. The molecule has 0 bridgehead atoms. The Bertz CT molecular complexity index is 1150. The number of ether oxygens (including phenoxy) is 1. The van der Waals surface area contributed by atoms with Crippen LogP contribution in [0, 0.1) is 6.92 Å². The zero-order valence-corrected chi connectivity index (χ0v) is 17.5. The minimum atomic E-state index is -0.213. The van der Waals surface area contributed by atoms with Crippen molar-refractivity contribution < 1.29 is 13.9 Å². The van der Waals surface area contributed by atoms with Crippen molar-refractivity contribution in [1.82, 2.24) is 15.3 Å². The number of aromatic nitrogens is 2. The Hall–Kier alpha value is -3.45. The number of amides is 1. The lowest BCUT2D eigenvalue weighted by Crippen LogP contribution is -2.26. The Labute approximate surface area is 178 Å². The van der Waals surface area contributed by atoms with Crippen molar-refractivity contribution in [3.63, 3.8) is 0 Å². The average Bonchev–Trinajstić information content (AvgIpc) is 3.44. The lowest BCUT2D eigenvalue weighted by atomic mass is 10.1. The molecule has 7 heteroatoms. The van der Waals surface area contributed by atoms with Crippen LogP contribution in [0.25, 0.3) is 22.0 Å². The summed E-state index contributed by atoms with van der Waals surface area (Å²) in [4.78, 5) is 21.4. The van der Waals surface area contributed by atoms with E-state index in [1.54, 1.807) is 18.8 Å². The predicted octanol–water partition coefficient (Wildman–Crippen LogP) is 4.75. The van der Waals surface area contributed by atoms with Crippen molar-refractivity contribution in [2.45, 2.75) is 13.3 Å². The molecule has 1 amide bonds. The van der Waals surface area contributed by atoms with Crippen molar-refractivity contribution in [3.05, 3.63) is 77.1 Å². The van der Waals surface area contributed by atoms with E-state index in [0.717, 1.165) is 27.6 Å². The zero-order chi connectivity index (χ0) is 20.9. The number of para-hydroxylation sites is 1. The minimum absolute atomic E-state index is 0.213. The van der Waals surface area contributed by atoms with Gasteiger partial charge in [-0.2, -0.15) is 0 Å². The van der Waals surface area contributed by atoms with E-state index in [1.165, 1.54) is 16.9 Å². The van der Waals surface area contributed by atoms with E-state index in [2.05, 4.69) is 15.3 Å². The van der Waals surface area contributed by atoms with Crippen LogP contribution in [-0.2, 0) is 6.42 Å². The third-order valence-corrected chi connectivity index (χ3v) is 5.47. The van der Waals surface area contributed by atoms with Gasteiger partial charge in [0.15, 0.2) is 0 Å². The Morgan fingerprint density at radius 2 is 1.93 bits per heavy atom. The first-order valence-corrected chi connectivity index (χ1v) is 10.4. The highest BCUT2D eigenvalue weighted by atomic mass is 32.1. The summed E-state index contributed by atoms with van der Waals surface area (Å²) in [5.74, 6) is 1.10. The molecule has 2 heterocycles. The van der Waals surface area contributed by atoms with E-state index < -0.39 is 0 Å². The van der Waals surface area contributed by atoms with Gasteiger partial charge in [-0.1, -0.05) is 29.8 Å². The molecule has 0 atom stereocenters. The Kier molecular flexibility index (Phi) is 5.90. The quantitative estimate of drug-likeness (QED) is 0.468. The summed E-state index contributed by atoms with van der Waals surface area (Å²) in [6.07, 6.45) is 2.20. The van der Waals surface area contributed by atoms with Crippen LogP contribution in [0.5, 0.6) is 5.75 Å². The van der Waals surface area contributed by atoms with Gasteiger partial charge in [0.25, 0.3) is 5.91 Å². The Balaban J connectivity index is 1.35. The summed E-state index contributed by atoms with van der Waals surface area (Å²) in [7, 11) is 1.62. The second-order valence-electron chi connectivity index (χ2n) is 6.75. The topological polar surface area (TPSA) is 77.2 Å². The lowest BCUT2D eigenvalue weighted by Gasteiger charge is -2.04. The molecule has 0 unspecified atom stereocenters. The molecule has 2 aromatic heterocycles. The van der Waals surface area contributed by atoms with Gasteiger partial charge in [-0.3, -0.25) is 4.79 Å². The smallest absolute Gasteiger partial charge is 0.270 e. The van der Waals surface area contributed by atoms with Gasteiger partial charge >= 0.3 is 0 Å². The number of thiazole rings is 1. The highest BCUT2D eigenvalue weighted by molar-refractivity contribution is 7.13. The van der Waals surface area contributed by atoms with Crippen LogP contribution in [0.1, 0.15) is 21.7 Å². The van der Waals surface area contributed by atoms with Gasteiger partial charge in [0.1, 0.15) is 22.7 Å². The summed E-state index contributed by atoms with van der Waals surface area (Å²) < 4.78 is 10.9. The first kappa shape index (κ1) is 19.8. The molecule has 0 fully saturated rings. The van der Waals surface area contributed by atoms with Crippen LogP contribution >= 0.6 is 11.3 Å². The minimum Gasteiger partial charge on any atom is -0.496 e. The highest BCUT2D eigenvalue weighted by Crippen LogP contribution is 2.31. The summed E-state index contributed by atoms with van der Waals surface area (Å²) in [6.45, 7) is 2.48. The third-order valence-electron chi connectivity index (χ3n) is 4.59. The fourth-order valence-electron chi connectivity index (χ4n) is 2.97. The standard InChI is InChI=1S/C23H21N3O3S/c1-15-7-9-16(10-8-15)22-25-17(13-29-22)11-12-24-21(27)19-14-30-23(26-19)18-5-3-4-6-20(18)28-2/h3-10,13-14H,11-12H2,1-2H3,(H,24,27). The molecule has 0 aliphatic heterocycles. The van der Waals surface area contributed by atoms with E-state index in [4.69, 9.17) is 9.15 Å². The van der Waals surface area contributed by atoms with Gasteiger partial charge in [0.05, 0.1) is 18.4 Å². The number of carbonyl (C=O) groups is 1. The maximum Gasteiger partial charge on any atom is 0.270 e. The molecule has 152 valence electrons. The molecule has 0 radical (unpaired) electrons. The summed E-state index contributed by atoms with van der Waals surface area (Å²) in [5, 5.41) is 5.39. The fourth-order valence-corrected chi connectivity index (χ4v) is 3.80. The molecule has 1 N–H and O–H groups in total. The lowest BCUT2D eigenvalue weighted by molar-refractivity contribution is 0.0950. The molecule has 30 heavy (non-hydrogen) atoms. The second kappa shape index (κ2) is 8.92. The van der Waals surface area contributed by atoms with Crippen LogP contribution in [0.2, 0.25) is 0 Å². The normalized spacial score (nSPS) is 10.7. The van der Waals surface area contributed by atoms with Gasteiger partial charge in [0, 0.05) is 23.9 Å². The predicted molar refractivity (Wildman–Crippen MR) is 117 cm³/mol. The molecule has 0 spiro atoms. The molecule has 4 rings (SSSR count). The molecular weight excluding hydrogens is 398 g/mol. The van der Waals surface area contributed by atoms with Crippen LogP contribution in [0.4, 0.5) is 0 Å². The number of rotatable bonds is 7. The van der Waals surface area contributed by atoms with Gasteiger partial charge in [0.2, 0.25) is 5.89 Å².